The summed E-state index contributed by atoms with van der Waals surface area (Å²) in [6.45, 7) is 2.59. The number of piperidine rings is 1. The van der Waals surface area contributed by atoms with Crippen LogP contribution in [-0.2, 0) is 16.1 Å². The Morgan fingerprint density at radius 3 is 2.72 bits per heavy atom. The van der Waals surface area contributed by atoms with Gasteiger partial charge in [-0.05, 0) is 44.1 Å². The Balaban J connectivity index is 1.48. The third-order valence-corrected chi connectivity index (χ3v) is 6.50. The van der Waals surface area contributed by atoms with Gasteiger partial charge in [0.2, 0.25) is 0 Å². The molecular weight excluding hydrogens is 316 g/mol. The third-order valence-electron chi connectivity index (χ3n) is 6.50. The Hall–Kier alpha value is -2.04. The highest BCUT2D eigenvalue weighted by Gasteiger charge is 2.48. The maximum absolute atomic E-state index is 12.2. The summed E-state index contributed by atoms with van der Waals surface area (Å²) < 4.78 is 7.79. The normalized spacial score (nSPS) is 30.0. The highest BCUT2D eigenvalue weighted by Crippen LogP contribution is 2.45. The van der Waals surface area contributed by atoms with Crippen molar-refractivity contribution in [2.24, 2.45) is 5.92 Å². The van der Waals surface area contributed by atoms with Crippen LogP contribution >= 0.6 is 0 Å². The lowest BCUT2D eigenvalue weighted by Crippen LogP contribution is -2.50. The van der Waals surface area contributed by atoms with Crippen molar-refractivity contribution in [2.75, 3.05) is 13.1 Å². The smallest absolute Gasteiger partial charge is 0.333 e. The number of ether oxygens (including phenoxy) is 1. The van der Waals surface area contributed by atoms with Gasteiger partial charge in [-0.25, -0.2) is 4.79 Å². The van der Waals surface area contributed by atoms with Crippen LogP contribution in [0.3, 0.4) is 0 Å². The molecule has 25 heavy (non-hydrogen) atoms. The van der Waals surface area contributed by atoms with Crippen LogP contribution in [0.4, 0.5) is 0 Å². The molecule has 0 unspecified atom stereocenters. The Kier molecular flexibility index (Phi) is 3.34. The lowest BCUT2D eigenvalue weighted by molar-refractivity contribution is -0.149. The van der Waals surface area contributed by atoms with Crippen molar-refractivity contribution in [3.05, 3.63) is 46.0 Å². The molecule has 0 amide bonds. The first kappa shape index (κ1) is 15.2. The molecule has 4 heterocycles. The van der Waals surface area contributed by atoms with E-state index in [0.717, 1.165) is 63.1 Å². The molecule has 1 aliphatic carbocycles. The summed E-state index contributed by atoms with van der Waals surface area (Å²) in [4.78, 5) is 26.7. The number of aromatic nitrogens is 1. The van der Waals surface area contributed by atoms with Gasteiger partial charge in [0.1, 0.15) is 0 Å². The molecule has 5 heteroatoms. The highest BCUT2D eigenvalue weighted by molar-refractivity contribution is 5.86. The van der Waals surface area contributed by atoms with Gasteiger partial charge < -0.3 is 14.2 Å². The van der Waals surface area contributed by atoms with E-state index in [9.17, 15) is 9.59 Å². The predicted molar refractivity (Wildman–Crippen MR) is 93.1 cm³/mol. The lowest BCUT2D eigenvalue weighted by Gasteiger charge is -2.47. The average Bonchev–Trinajstić information content (AvgIpc) is 2.92. The molecule has 2 fully saturated rings. The maximum Gasteiger partial charge on any atom is 0.333 e. The Morgan fingerprint density at radius 1 is 1.04 bits per heavy atom. The fourth-order valence-corrected chi connectivity index (χ4v) is 5.47. The number of rotatable bonds is 1. The summed E-state index contributed by atoms with van der Waals surface area (Å²) in [6.07, 6.45) is 8.26. The first-order valence-corrected chi connectivity index (χ1v) is 9.54. The van der Waals surface area contributed by atoms with Gasteiger partial charge in [0.05, 0.1) is 5.70 Å². The van der Waals surface area contributed by atoms with Gasteiger partial charge in [-0.2, -0.15) is 0 Å². The van der Waals surface area contributed by atoms with Crippen molar-refractivity contribution in [1.29, 1.82) is 0 Å². The van der Waals surface area contributed by atoms with Crippen molar-refractivity contribution in [1.82, 2.24) is 9.47 Å². The zero-order valence-electron chi connectivity index (χ0n) is 14.4. The van der Waals surface area contributed by atoms with Crippen LogP contribution in [-0.4, -0.2) is 34.1 Å². The van der Waals surface area contributed by atoms with Gasteiger partial charge in [0.15, 0.2) is 5.60 Å². The number of hydrogen-bond donors (Lipinski definition) is 0. The summed E-state index contributed by atoms with van der Waals surface area (Å²) in [6, 6.07) is 5.62. The average molecular weight is 340 g/mol. The molecule has 0 aromatic carbocycles. The van der Waals surface area contributed by atoms with Gasteiger partial charge in [-0.3, -0.25) is 4.79 Å². The molecule has 0 radical (unpaired) electrons. The number of fused-ring (bicyclic) bond motifs is 4. The van der Waals surface area contributed by atoms with E-state index in [1.165, 1.54) is 6.42 Å². The maximum atomic E-state index is 12.2. The lowest BCUT2D eigenvalue weighted by atomic mass is 9.79. The molecule has 1 aromatic heterocycles. The minimum absolute atomic E-state index is 0.114. The molecule has 3 aliphatic heterocycles. The van der Waals surface area contributed by atoms with Crippen LogP contribution in [0.15, 0.2) is 34.8 Å². The van der Waals surface area contributed by atoms with Crippen LogP contribution in [0.5, 0.6) is 0 Å². The number of hydrogen-bond acceptors (Lipinski definition) is 4. The zero-order chi connectivity index (χ0) is 17.0. The van der Waals surface area contributed by atoms with Gasteiger partial charge in [-0.15, -0.1) is 0 Å². The second kappa shape index (κ2) is 5.48. The first-order valence-electron chi connectivity index (χ1n) is 9.54. The number of carbonyl (C=O) groups excluding carboxylic acids is 1. The molecule has 132 valence electrons. The Labute approximate surface area is 147 Å². The van der Waals surface area contributed by atoms with Crippen molar-refractivity contribution in [3.63, 3.8) is 0 Å². The van der Waals surface area contributed by atoms with Crippen molar-refractivity contribution in [3.8, 4) is 0 Å². The second-order valence-corrected chi connectivity index (χ2v) is 8.11. The van der Waals surface area contributed by atoms with Gasteiger partial charge >= 0.3 is 5.97 Å². The molecule has 2 bridgehead atoms. The van der Waals surface area contributed by atoms with Crippen LogP contribution in [0.2, 0.25) is 0 Å². The van der Waals surface area contributed by atoms with E-state index in [0.29, 0.717) is 11.8 Å². The largest absolute Gasteiger partial charge is 0.449 e. The van der Waals surface area contributed by atoms with Crippen molar-refractivity contribution >= 4 is 5.97 Å². The highest BCUT2D eigenvalue weighted by atomic mass is 16.6. The molecule has 4 aliphatic rings. The van der Waals surface area contributed by atoms with Gasteiger partial charge in [-0.1, -0.05) is 12.5 Å². The Morgan fingerprint density at radius 2 is 1.88 bits per heavy atom. The fourth-order valence-electron chi connectivity index (χ4n) is 5.47. The quantitative estimate of drug-likeness (QED) is 0.737. The molecule has 2 atom stereocenters. The Bertz CT molecular complexity index is 803. The van der Waals surface area contributed by atoms with E-state index in [1.54, 1.807) is 12.1 Å². The molecule has 1 aromatic rings. The summed E-state index contributed by atoms with van der Waals surface area (Å²) in [7, 11) is 0. The van der Waals surface area contributed by atoms with E-state index >= 15 is 0 Å². The van der Waals surface area contributed by atoms with E-state index in [1.807, 2.05) is 10.6 Å². The van der Waals surface area contributed by atoms with Crippen LogP contribution in [0.1, 0.15) is 50.1 Å². The first-order chi connectivity index (χ1) is 12.1. The number of likely N-dealkylation sites (tertiary alicyclic amines) is 1. The second-order valence-electron chi connectivity index (χ2n) is 8.11. The minimum atomic E-state index is -0.378. The predicted octanol–water partition coefficient (Wildman–Crippen LogP) is 2.41. The van der Waals surface area contributed by atoms with Crippen molar-refractivity contribution < 1.29 is 9.53 Å². The fraction of sp³-hybridized carbons (Fsp3) is 0.600. The van der Waals surface area contributed by atoms with Crippen LogP contribution in [0.25, 0.3) is 0 Å². The van der Waals surface area contributed by atoms with Crippen LogP contribution in [0, 0.1) is 5.92 Å². The zero-order valence-corrected chi connectivity index (χ0v) is 14.4. The standard InChI is InChI=1S/C20H24N2O3/c23-18-6-4-5-16-15-9-14(12-22(16)18)11-21(13-15)17-10-19(24)25-20(17)7-2-1-3-8-20/h4-6,10,14-15H,1-3,7-9,11-13H2/t14-,15-/m0/s1. The minimum Gasteiger partial charge on any atom is -0.449 e. The molecular formula is C20H24N2O3. The van der Waals surface area contributed by atoms with E-state index in [4.69, 9.17) is 4.74 Å². The van der Waals surface area contributed by atoms with Gasteiger partial charge in [0.25, 0.3) is 5.56 Å². The summed E-state index contributed by atoms with van der Waals surface area (Å²) in [5.41, 5.74) is 2.00. The number of nitrogens with zero attached hydrogens (tertiary/aromatic N) is 2. The molecule has 5 rings (SSSR count). The molecule has 1 saturated carbocycles. The number of esters is 1. The molecule has 5 nitrogen and oxygen atoms in total. The number of pyridine rings is 1. The molecule has 1 spiro atoms. The summed E-state index contributed by atoms with van der Waals surface area (Å²) in [5.74, 6) is 0.645. The third kappa shape index (κ3) is 2.35. The van der Waals surface area contributed by atoms with Crippen LogP contribution < -0.4 is 5.56 Å². The molecule has 1 saturated heterocycles. The van der Waals surface area contributed by atoms with E-state index < -0.39 is 0 Å². The monoisotopic (exact) mass is 340 g/mol. The van der Waals surface area contributed by atoms with Gasteiger partial charge in [0, 0.05) is 43.4 Å². The summed E-state index contributed by atoms with van der Waals surface area (Å²) in [5, 5.41) is 0. The SMILES string of the molecule is O=C1C=C(N2C[C@@H]3C[C@@H](C2)c2cccc(=O)n2C3)C2(CCCCC2)O1. The molecule has 0 N–H and O–H groups in total. The van der Waals surface area contributed by atoms with Crippen molar-refractivity contribution in [2.45, 2.75) is 56.6 Å². The topological polar surface area (TPSA) is 51.5 Å². The summed E-state index contributed by atoms with van der Waals surface area (Å²) >= 11 is 0. The van der Waals surface area contributed by atoms with E-state index in [2.05, 4.69) is 11.0 Å². The number of carbonyl (C=O) groups is 1. The van der Waals surface area contributed by atoms with E-state index in [-0.39, 0.29) is 17.1 Å².